The third-order valence-corrected chi connectivity index (χ3v) is 3.21. The number of piperazine rings is 1. The minimum Gasteiger partial charge on any atom is -0.314 e. The molecule has 1 aromatic rings. The zero-order chi connectivity index (χ0) is 9.97. The first-order valence-electron chi connectivity index (χ1n) is 4.79. The quantitative estimate of drug-likeness (QED) is 0.792. The average molecular weight is 303 g/mol. The van der Waals surface area contributed by atoms with Crippen molar-refractivity contribution in [3.05, 3.63) is 27.6 Å². The molecule has 0 bridgehead atoms. The summed E-state index contributed by atoms with van der Waals surface area (Å²) in [5.41, 5.74) is 1.31. The molecule has 1 atom stereocenters. The smallest absolute Gasteiger partial charge is 0.0485 e. The maximum absolute atomic E-state index is 4.23. The number of nitrogens with one attached hydrogen (secondary N) is 1. The Hall–Kier alpha value is -0.200. The van der Waals surface area contributed by atoms with E-state index in [2.05, 4.69) is 50.9 Å². The fraction of sp³-hybridized carbons (Fsp3) is 0.500. The Morgan fingerprint density at radius 1 is 1.57 bits per heavy atom. The van der Waals surface area contributed by atoms with Gasteiger partial charge < -0.3 is 5.32 Å². The Bertz CT molecular complexity index is 316. The predicted molar refractivity (Wildman–Crippen MR) is 65.2 cm³/mol. The van der Waals surface area contributed by atoms with Crippen molar-refractivity contribution in [3.8, 4) is 0 Å². The Balaban J connectivity index is 2.20. The second-order valence-corrected chi connectivity index (χ2v) is 4.88. The third-order valence-electron chi connectivity index (χ3n) is 2.62. The standard InChI is InChI=1S/C10H14IN3/c1-14-3-2-12-7-10(14)8-4-9(11)6-13-5-8/h4-6,10,12H,2-3,7H2,1H3. The second-order valence-electron chi connectivity index (χ2n) is 3.64. The number of halogens is 1. The largest absolute Gasteiger partial charge is 0.314 e. The van der Waals surface area contributed by atoms with E-state index in [1.807, 2.05) is 12.4 Å². The molecule has 1 N–H and O–H groups in total. The molecular weight excluding hydrogens is 289 g/mol. The highest BCUT2D eigenvalue weighted by Crippen LogP contribution is 2.20. The number of hydrogen-bond donors (Lipinski definition) is 1. The molecule has 14 heavy (non-hydrogen) atoms. The number of likely N-dealkylation sites (N-methyl/N-ethyl adjacent to an activating group) is 1. The Kier molecular flexibility index (Phi) is 3.35. The van der Waals surface area contributed by atoms with E-state index in [-0.39, 0.29) is 0 Å². The van der Waals surface area contributed by atoms with E-state index < -0.39 is 0 Å². The highest BCUT2D eigenvalue weighted by Gasteiger charge is 2.20. The Morgan fingerprint density at radius 3 is 3.14 bits per heavy atom. The number of aromatic nitrogens is 1. The highest BCUT2D eigenvalue weighted by atomic mass is 127. The summed E-state index contributed by atoms with van der Waals surface area (Å²) in [4.78, 5) is 6.61. The van der Waals surface area contributed by atoms with E-state index in [4.69, 9.17) is 0 Å². The van der Waals surface area contributed by atoms with Gasteiger partial charge >= 0.3 is 0 Å². The van der Waals surface area contributed by atoms with Gasteiger partial charge in [0.15, 0.2) is 0 Å². The van der Waals surface area contributed by atoms with Gasteiger partial charge in [0.25, 0.3) is 0 Å². The third kappa shape index (κ3) is 2.24. The zero-order valence-corrected chi connectivity index (χ0v) is 10.4. The summed E-state index contributed by atoms with van der Waals surface area (Å²) in [5.74, 6) is 0. The molecule has 1 aromatic heterocycles. The molecule has 1 aliphatic rings. The molecule has 0 saturated carbocycles. The van der Waals surface area contributed by atoms with Crippen LogP contribution < -0.4 is 5.32 Å². The molecule has 1 unspecified atom stereocenters. The summed E-state index contributed by atoms with van der Waals surface area (Å²) in [6.45, 7) is 3.22. The first kappa shape index (κ1) is 10.3. The average Bonchev–Trinajstić information content (AvgIpc) is 2.18. The van der Waals surface area contributed by atoms with Gasteiger partial charge in [-0.1, -0.05) is 0 Å². The van der Waals surface area contributed by atoms with Crippen molar-refractivity contribution in [1.82, 2.24) is 15.2 Å². The van der Waals surface area contributed by atoms with Gasteiger partial charge in [-0.05, 0) is 41.3 Å². The van der Waals surface area contributed by atoms with Crippen LogP contribution in [0, 0.1) is 3.57 Å². The monoisotopic (exact) mass is 303 g/mol. The van der Waals surface area contributed by atoms with Crippen LogP contribution in [0.1, 0.15) is 11.6 Å². The molecule has 0 aliphatic carbocycles. The summed E-state index contributed by atoms with van der Waals surface area (Å²) in [6, 6.07) is 2.69. The van der Waals surface area contributed by atoms with Gasteiger partial charge in [-0.3, -0.25) is 9.88 Å². The Morgan fingerprint density at radius 2 is 2.43 bits per heavy atom. The van der Waals surface area contributed by atoms with E-state index >= 15 is 0 Å². The van der Waals surface area contributed by atoms with Gasteiger partial charge in [-0.15, -0.1) is 0 Å². The van der Waals surface area contributed by atoms with E-state index in [1.54, 1.807) is 0 Å². The van der Waals surface area contributed by atoms with E-state index in [1.165, 1.54) is 9.13 Å². The molecule has 76 valence electrons. The van der Waals surface area contributed by atoms with Crippen molar-refractivity contribution < 1.29 is 0 Å². The normalized spacial score (nSPS) is 23.7. The maximum Gasteiger partial charge on any atom is 0.0485 e. The van der Waals surface area contributed by atoms with Crippen molar-refractivity contribution in [1.29, 1.82) is 0 Å². The fourth-order valence-corrected chi connectivity index (χ4v) is 2.31. The zero-order valence-electron chi connectivity index (χ0n) is 8.20. The first-order valence-corrected chi connectivity index (χ1v) is 5.86. The van der Waals surface area contributed by atoms with Crippen molar-refractivity contribution in [3.63, 3.8) is 0 Å². The number of pyridine rings is 1. The summed E-state index contributed by atoms with van der Waals surface area (Å²) in [6.07, 6.45) is 3.86. The topological polar surface area (TPSA) is 28.2 Å². The molecule has 1 fully saturated rings. The van der Waals surface area contributed by atoms with Gasteiger partial charge in [0, 0.05) is 41.6 Å². The summed E-state index contributed by atoms with van der Waals surface area (Å²) >= 11 is 2.31. The lowest BCUT2D eigenvalue weighted by atomic mass is 10.1. The molecule has 0 aromatic carbocycles. The van der Waals surface area contributed by atoms with Crippen molar-refractivity contribution in [2.75, 3.05) is 26.7 Å². The maximum atomic E-state index is 4.23. The highest BCUT2D eigenvalue weighted by molar-refractivity contribution is 14.1. The van der Waals surface area contributed by atoms with E-state index in [0.717, 1.165) is 19.6 Å². The molecule has 2 rings (SSSR count). The van der Waals surface area contributed by atoms with Crippen molar-refractivity contribution >= 4 is 22.6 Å². The molecule has 1 aliphatic heterocycles. The molecule has 0 spiro atoms. The lowest BCUT2D eigenvalue weighted by molar-refractivity contribution is 0.202. The summed E-state index contributed by atoms with van der Waals surface area (Å²) < 4.78 is 1.21. The predicted octanol–water partition coefficient (Wildman–Crippen LogP) is 1.26. The van der Waals surface area contributed by atoms with Crippen molar-refractivity contribution in [2.24, 2.45) is 0 Å². The second kappa shape index (κ2) is 4.55. The molecule has 0 amide bonds. The molecule has 1 saturated heterocycles. The minimum atomic E-state index is 0.478. The van der Waals surface area contributed by atoms with Gasteiger partial charge in [0.05, 0.1) is 0 Å². The van der Waals surface area contributed by atoms with Gasteiger partial charge in [-0.2, -0.15) is 0 Å². The molecule has 2 heterocycles. The van der Waals surface area contributed by atoms with Crippen LogP contribution in [-0.4, -0.2) is 36.6 Å². The summed E-state index contributed by atoms with van der Waals surface area (Å²) in [7, 11) is 2.17. The van der Waals surface area contributed by atoms with Crippen LogP contribution in [0.15, 0.2) is 18.5 Å². The van der Waals surface area contributed by atoms with Crippen LogP contribution in [0.3, 0.4) is 0 Å². The molecule has 0 radical (unpaired) electrons. The minimum absolute atomic E-state index is 0.478. The first-order chi connectivity index (χ1) is 6.77. The number of nitrogens with zero attached hydrogens (tertiary/aromatic N) is 2. The van der Waals surface area contributed by atoms with Crippen LogP contribution in [-0.2, 0) is 0 Å². The summed E-state index contributed by atoms with van der Waals surface area (Å²) in [5, 5.41) is 3.41. The van der Waals surface area contributed by atoms with Gasteiger partial charge in [0.1, 0.15) is 0 Å². The van der Waals surface area contributed by atoms with Crippen LogP contribution in [0.5, 0.6) is 0 Å². The SMILES string of the molecule is CN1CCNCC1c1cncc(I)c1. The van der Waals surface area contributed by atoms with Crippen LogP contribution in [0.25, 0.3) is 0 Å². The lowest BCUT2D eigenvalue weighted by Crippen LogP contribution is -2.43. The van der Waals surface area contributed by atoms with Crippen LogP contribution in [0.2, 0.25) is 0 Å². The molecule has 3 nitrogen and oxygen atoms in total. The van der Waals surface area contributed by atoms with E-state index in [0.29, 0.717) is 6.04 Å². The van der Waals surface area contributed by atoms with Crippen LogP contribution in [0.4, 0.5) is 0 Å². The number of hydrogen-bond acceptors (Lipinski definition) is 3. The number of rotatable bonds is 1. The molecular formula is C10H14IN3. The fourth-order valence-electron chi connectivity index (χ4n) is 1.79. The lowest BCUT2D eigenvalue weighted by Gasteiger charge is -2.33. The van der Waals surface area contributed by atoms with Gasteiger partial charge in [0.2, 0.25) is 0 Å². The van der Waals surface area contributed by atoms with E-state index in [9.17, 15) is 0 Å². The van der Waals surface area contributed by atoms with Crippen LogP contribution >= 0.6 is 22.6 Å². The molecule has 4 heteroatoms. The van der Waals surface area contributed by atoms with Gasteiger partial charge in [-0.25, -0.2) is 0 Å². The Labute approximate surface area is 98.0 Å². The van der Waals surface area contributed by atoms with Crippen molar-refractivity contribution in [2.45, 2.75) is 6.04 Å².